The van der Waals surface area contributed by atoms with E-state index in [0.29, 0.717) is 29.5 Å². The van der Waals surface area contributed by atoms with Crippen molar-refractivity contribution in [1.82, 2.24) is 4.98 Å². The molecule has 1 aromatic heterocycles. The number of halogens is 1. The molecule has 3 rings (SSSR count). The van der Waals surface area contributed by atoms with Crippen molar-refractivity contribution >= 4 is 23.2 Å². The summed E-state index contributed by atoms with van der Waals surface area (Å²) in [4.78, 5) is 16.3. The summed E-state index contributed by atoms with van der Waals surface area (Å²) in [5, 5.41) is 3.50. The predicted octanol–water partition coefficient (Wildman–Crippen LogP) is 4.87. The first-order valence-corrected chi connectivity index (χ1v) is 8.06. The highest BCUT2D eigenvalue weighted by Crippen LogP contribution is 2.23. The zero-order chi connectivity index (χ0) is 16.9. The molecular formula is C19H17ClN2O2. The van der Waals surface area contributed by atoms with Crippen LogP contribution in [0.5, 0.6) is 0 Å². The van der Waals surface area contributed by atoms with Crippen molar-refractivity contribution in [3.05, 3.63) is 71.2 Å². The van der Waals surface area contributed by atoms with Crippen LogP contribution in [0.1, 0.15) is 17.9 Å². The van der Waals surface area contributed by atoms with Gasteiger partial charge in [0.15, 0.2) is 11.7 Å². The van der Waals surface area contributed by atoms with Gasteiger partial charge in [-0.1, -0.05) is 48.0 Å². The molecular weight excluding hydrogens is 324 g/mol. The Labute approximate surface area is 145 Å². The third-order valence-electron chi connectivity index (χ3n) is 3.72. The van der Waals surface area contributed by atoms with Gasteiger partial charge in [-0.15, -0.1) is 0 Å². The van der Waals surface area contributed by atoms with Gasteiger partial charge in [-0.2, -0.15) is 0 Å². The Balaban J connectivity index is 1.59. The number of carbonyl (C=O) groups excluding carboxylic acids is 1. The minimum absolute atomic E-state index is 0.0974. The minimum atomic E-state index is -0.0974. The average Bonchev–Trinajstić information content (AvgIpc) is 3.07. The minimum Gasteiger partial charge on any atom is -0.441 e. The van der Waals surface area contributed by atoms with Crippen LogP contribution in [0.4, 0.5) is 5.69 Å². The van der Waals surface area contributed by atoms with Gasteiger partial charge in [0.2, 0.25) is 5.91 Å². The number of hydrogen-bond donors (Lipinski definition) is 1. The normalized spacial score (nSPS) is 10.6. The smallest absolute Gasteiger partial charge is 0.224 e. The van der Waals surface area contributed by atoms with E-state index in [1.54, 1.807) is 12.3 Å². The molecule has 4 nitrogen and oxygen atoms in total. The van der Waals surface area contributed by atoms with Crippen molar-refractivity contribution in [3.63, 3.8) is 0 Å². The van der Waals surface area contributed by atoms with Crippen LogP contribution in [-0.2, 0) is 11.2 Å². The second-order valence-corrected chi connectivity index (χ2v) is 5.85. The van der Waals surface area contributed by atoms with Crippen molar-refractivity contribution in [3.8, 4) is 11.3 Å². The summed E-state index contributed by atoms with van der Waals surface area (Å²) < 4.78 is 5.70. The Morgan fingerprint density at radius 3 is 2.75 bits per heavy atom. The number of benzene rings is 2. The predicted molar refractivity (Wildman–Crippen MR) is 95.1 cm³/mol. The SMILES string of the molecule is Cc1c(Cl)cccc1NC(=O)CCc1ncc(-c2ccccc2)o1. The van der Waals surface area contributed by atoms with E-state index in [1.165, 1.54) is 0 Å². The number of nitrogens with one attached hydrogen (secondary N) is 1. The van der Waals surface area contributed by atoms with Gasteiger partial charge in [0.25, 0.3) is 0 Å². The van der Waals surface area contributed by atoms with Crippen LogP contribution in [0, 0.1) is 6.92 Å². The van der Waals surface area contributed by atoms with E-state index in [0.717, 1.165) is 16.8 Å². The van der Waals surface area contributed by atoms with E-state index in [2.05, 4.69) is 10.3 Å². The van der Waals surface area contributed by atoms with Crippen LogP contribution in [0.25, 0.3) is 11.3 Å². The molecule has 0 fully saturated rings. The van der Waals surface area contributed by atoms with E-state index in [9.17, 15) is 4.79 Å². The lowest BCUT2D eigenvalue weighted by Crippen LogP contribution is -2.13. The van der Waals surface area contributed by atoms with E-state index in [-0.39, 0.29) is 5.91 Å². The Bertz CT molecular complexity index is 844. The van der Waals surface area contributed by atoms with Crippen molar-refractivity contribution in [2.45, 2.75) is 19.8 Å². The highest BCUT2D eigenvalue weighted by molar-refractivity contribution is 6.31. The summed E-state index contributed by atoms with van der Waals surface area (Å²) in [6.45, 7) is 1.87. The Morgan fingerprint density at radius 2 is 1.96 bits per heavy atom. The molecule has 0 aliphatic rings. The fourth-order valence-corrected chi connectivity index (χ4v) is 2.51. The summed E-state index contributed by atoms with van der Waals surface area (Å²) in [6.07, 6.45) is 2.42. The number of anilines is 1. The highest BCUT2D eigenvalue weighted by atomic mass is 35.5. The first-order valence-electron chi connectivity index (χ1n) is 7.68. The van der Waals surface area contributed by atoms with Gasteiger partial charge in [-0.05, 0) is 24.6 Å². The van der Waals surface area contributed by atoms with Crippen LogP contribution in [-0.4, -0.2) is 10.9 Å². The number of amides is 1. The van der Waals surface area contributed by atoms with E-state index < -0.39 is 0 Å². The lowest BCUT2D eigenvalue weighted by atomic mass is 10.2. The summed E-state index contributed by atoms with van der Waals surface area (Å²) in [5.74, 6) is 1.16. The third-order valence-corrected chi connectivity index (χ3v) is 4.13. The van der Waals surface area contributed by atoms with Crippen LogP contribution in [0.15, 0.2) is 59.1 Å². The molecule has 0 radical (unpaired) electrons. The van der Waals surface area contributed by atoms with Crippen molar-refractivity contribution in [1.29, 1.82) is 0 Å². The molecule has 0 saturated carbocycles. The third kappa shape index (κ3) is 3.84. The second kappa shape index (κ2) is 7.32. The van der Waals surface area contributed by atoms with Gasteiger partial charge in [0, 0.05) is 29.1 Å². The van der Waals surface area contributed by atoms with Gasteiger partial charge >= 0.3 is 0 Å². The first kappa shape index (κ1) is 16.3. The van der Waals surface area contributed by atoms with E-state index >= 15 is 0 Å². The monoisotopic (exact) mass is 340 g/mol. The summed E-state index contributed by atoms with van der Waals surface area (Å²) in [7, 11) is 0. The first-order chi connectivity index (χ1) is 11.6. The maximum absolute atomic E-state index is 12.1. The van der Waals surface area contributed by atoms with Crippen LogP contribution in [0.3, 0.4) is 0 Å². The molecule has 0 saturated heterocycles. The topological polar surface area (TPSA) is 55.1 Å². The van der Waals surface area contributed by atoms with Crippen molar-refractivity contribution in [2.24, 2.45) is 0 Å². The number of aromatic nitrogens is 1. The summed E-state index contributed by atoms with van der Waals surface area (Å²) >= 11 is 6.05. The van der Waals surface area contributed by atoms with Crippen LogP contribution in [0.2, 0.25) is 5.02 Å². The molecule has 1 N–H and O–H groups in total. The molecule has 1 amide bonds. The van der Waals surface area contributed by atoms with E-state index in [1.807, 2.05) is 49.4 Å². The van der Waals surface area contributed by atoms with Crippen molar-refractivity contribution < 1.29 is 9.21 Å². The fourth-order valence-electron chi connectivity index (χ4n) is 2.34. The zero-order valence-corrected chi connectivity index (χ0v) is 14.0. The molecule has 5 heteroatoms. The quantitative estimate of drug-likeness (QED) is 0.720. The van der Waals surface area contributed by atoms with Gasteiger partial charge in [0.05, 0.1) is 6.20 Å². The van der Waals surface area contributed by atoms with E-state index in [4.69, 9.17) is 16.0 Å². The second-order valence-electron chi connectivity index (χ2n) is 5.44. The maximum atomic E-state index is 12.1. The number of aryl methyl sites for hydroxylation is 1. The Morgan fingerprint density at radius 1 is 1.17 bits per heavy atom. The molecule has 0 unspecified atom stereocenters. The summed E-state index contributed by atoms with van der Waals surface area (Å²) in [6, 6.07) is 15.2. The molecule has 1 heterocycles. The molecule has 24 heavy (non-hydrogen) atoms. The van der Waals surface area contributed by atoms with Gasteiger partial charge < -0.3 is 9.73 Å². The fraction of sp³-hybridized carbons (Fsp3) is 0.158. The number of rotatable bonds is 5. The number of hydrogen-bond acceptors (Lipinski definition) is 3. The molecule has 2 aromatic carbocycles. The zero-order valence-electron chi connectivity index (χ0n) is 13.3. The standard InChI is InChI=1S/C19H17ClN2O2/c1-13-15(20)8-5-9-16(13)22-18(23)10-11-19-21-12-17(24-19)14-6-3-2-4-7-14/h2-9,12H,10-11H2,1H3,(H,22,23). The Hall–Kier alpha value is -2.59. The lowest BCUT2D eigenvalue weighted by Gasteiger charge is -2.08. The molecule has 0 bridgehead atoms. The number of nitrogens with zero attached hydrogens (tertiary/aromatic N) is 1. The van der Waals surface area contributed by atoms with Crippen LogP contribution >= 0.6 is 11.6 Å². The lowest BCUT2D eigenvalue weighted by molar-refractivity contribution is -0.116. The van der Waals surface area contributed by atoms with Crippen LogP contribution < -0.4 is 5.32 Å². The van der Waals surface area contributed by atoms with Crippen molar-refractivity contribution in [2.75, 3.05) is 5.32 Å². The number of carbonyl (C=O) groups is 1. The molecule has 122 valence electrons. The average molecular weight is 341 g/mol. The van der Waals surface area contributed by atoms with Gasteiger partial charge in [-0.25, -0.2) is 4.98 Å². The summed E-state index contributed by atoms with van der Waals surface area (Å²) in [5.41, 5.74) is 2.55. The molecule has 3 aromatic rings. The largest absolute Gasteiger partial charge is 0.441 e. The number of oxazole rings is 1. The van der Waals surface area contributed by atoms with Gasteiger partial charge in [-0.3, -0.25) is 4.79 Å². The molecule has 0 aliphatic carbocycles. The maximum Gasteiger partial charge on any atom is 0.224 e. The molecule has 0 aliphatic heterocycles. The Kier molecular flexibility index (Phi) is 4.96. The molecule has 0 atom stereocenters. The highest BCUT2D eigenvalue weighted by Gasteiger charge is 2.10. The molecule has 0 spiro atoms. The van der Waals surface area contributed by atoms with Gasteiger partial charge in [0.1, 0.15) is 0 Å².